The first-order valence-electron chi connectivity index (χ1n) is 25.9. The van der Waals surface area contributed by atoms with E-state index in [0.29, 0.717) is 26.4 Å². The molecule has 0 aliphatic heterocycles. The summed E-state index contributed by atoms with van der Waals surface area (Å²) in [5.41, 5.74) is 0. The summed E-state index contributed by atoms with van der Waals surface area (Å²) in [6, 6.07) is 0. The van der Waals surface area contributed by atoms with Crippen LogP contribution in [0.25, 0.3) is 0 Å². The second kappa shape index (κ2) is 49.2. The molecule has 0 atom stereocenters. The molecule has 0 unspecified atom stereocenters. The van der Waals surface area contributed by atoms with Crippen molar-refractivity contribution in [2.75, 3.05) is 53.2 Å². The summed E-state index contributed by atoms with van der Waals surface area (Å²) in [5.74, 6) is 3.63. The quantitative estimate of drug-likeness (QED) is 0.0343. The number of hydrogen-bond acceptors (Lipinski definition) is 7. The molecule has 0 fully saturated rings. The van der Waals surface area contributed by atoms with E-state index in [1.165, 1.54) is 167 Å². The van der Waals surface area contributed by atoms with Gasteiger partial charge >= 0.3 is 0 Å². The lowest BCUT2D eigenvalue weighted by Gasteiger charge is -2.19. The van der Waals surface area contributed by atoms with Gasteiger partial charge < -0.3 is 33.2 Å². The normalized spacial score (nSPS) is 12.4. The zero-order chi connectivity index (χ0) is 43.0. The third-order valence-electron chi connectivity index (χ3n) is 11.0. The van der Waals surface area contributed by atoms with Gasteiger partial charge in [0.15, 0.2) is 11.5 Å². The molecule has 0 aromatic heterocycles. The predicted octanol–water partition coefficient (Wildman–Crippen LogP) is 16.8. The van der Waals surface area contributed by atoms with Crippen LogP contribution >= 0.6 is 0 Å². The number of unbranched alkanes of at least 4 members (excludes halogenated alkanes) is 26. The van der Waals surface area contributed by atoms with Crippen molar-refractivity contribution >= 4 is 0 Å². The SMILES string of the molecule is CCCCCCCCOC(CCCCCC)=C(COCOCOCC(OCCCCCCCC)=C(CCCCCC)OCCCCCCCC)OCCCCCCCC. The molecule has 0 aromatic rings. The number of hydrogen-bond donors (Lipinski definition) is 0. The van der Waals surface area contributed by atoms with Crippen LogP contribution in [0.15, 0.2) is 23.0 Å². The van der Waals surface area contributed by atoms with Gasteiger partial charge in [0.2, 0.25) is 0 Å². The molecular formula is C52H102O7. The van der Waals surface area contributed by atoms with E-state index in [2.05, 4.69) is 41.5 Å². The van der Waals surface area contributed by atoms with Crippen LogP contribution in [0.4, 0.5) is 0 Å². The maximum absolute atomic E-state index is 6.49. The molecule has 0 radical (unpaired) electrons. The summed E-state index contributed by atoms with van der Waals surface area (Å²) < 4.78 is 44.0. The van der Waals surface area contributed by atoms with Gasteiger partial charge in [0.05, 0.1) is 26.4 Å². The Labute approximate surface area is 368 Å². The van der Waals surface area contributed by atoms with Crippen LogP contribution in [0.3, 0.4) is 0 Å². The standard InChI is InChI=1S/C52H102O7/c1-7-13-19-25-29-35-41-56-49(39-33-23-17-11-5)51(58-43-37-31-27-21-15-9-3)45-53-47-55-48-54-46-52(59-44-38-32-28-22-16-10-4)50(40-34-24-18-12-6)57-42-36-30-26-20-14-8-2/h7-48H2,1-6H3. The van der Waals surface area contributed by atoms with E-state index < -0.39 is 0 Å². The van der Waals surface area contributed by atoms with Gasteiger partial charge in [-0.2, -0.15) is 0 Å². The fourth-order valence-electron chi connectivity index (χ4n) is 7.15. The summed E-state index contributed by atoms with van der Waals surface area (Å²) in [5, 5.41) is 0. The molecule has 0 rings (SSSR count). The van der Waals surface area contributed by atoms with E-state index in [0.717, 1.165) is 87.6 Å². The summed E-state index contributed by atoms with van der Waals surface area (Å²) in [7, 11) is 0. The van der Waals surface area contributed by atoms with Crippen LogP contribution in [0.5, 0.6) is 0 Å². The second-order valence-electron chi connectivity index (χ2n) is 16.9. The second-order valence-corrected chi connectivity index (χ2v) is 16.9. The van der Waals surface area contributed by atoms with Crippen LogP contribution in [0, 0.1) is 0 Å². The van der Waals surface area contributed by atoms with Crippen molar-refractivity contribution in [3.8, 4) is 0 Å². The lowest BCUT2D eigenvalue weighted by molar-refractivity contribution is -0.132. The van der Waals surface area contributed by atoms with E-state index in [1.54, 1.807) is 0 Å². The molecule has 0 saturated heterocycles. The van der Waals surface area contributed by atoms with Crippen LogP contribution in [0.1, 0.15) is 260 Å². The van der Waals surface area contributed by atoms with Gasteiger partial charge in [0.25, 0.3) is 0 Å². The van der Waals surface area contributed by atoms with Gasteiger partial charge in [-0.1, -0.05) is 208 Å². The average Bonchev–Trinajstić information content (AvgIpc) is 3.24. The summed E-state index contributed by atoms with van der Waals surface area (Å²) >= 11 is 0. The lowest BCUT2D eigenvalue weighted by Crippen LogP contribution is -2.14. The van der Waals surface area contributed by atoms with Crippen molar-refractivity contribution in [3.05, 3.63) is 23.0 Å². The Balaban J connectivity index is 5.50. The summed E-state index contributed by atoms with van der Waals surface area (Å²) in [4.78, 5) is 0. The molecule has 0 saturated carbocycles. The van der Waals surface area contributed by atoms with Gasteiger partial charge in [-0.05, 0) is 38.5 Å². The molecule has 0 bridgehead atoms. The Morgan fingerprint density at radius 3 is 0.763 bits per heavy atom. The molecule has 0 heterocycles. The Morgan fingerprint density at radius 2 is 0.475 bits per heavy atom. The van der Waals surface area contributed by atoms with E-state index in [4.69, 9.17) is 33.2 Å². The fraction of sp³-hybridized carbons (Fsp3) is 0.923. The minimum atomic E-state index is 0.125. The molecule has 0 aromatic carbocycles. The number of ether oxygens (including phenoxy) is 7. The lowest BCUT2D eigenvalue weighted by atomic mass is 10.1. The highest BCUT2D eigenvalue weighted by Gasteiger charge is 2.14. The van der Waals surface area contributed by atoms with Crippen molar-refractivity contribution in [1.82, 2.24) is 0 Å². The molecular weight excluding hydrogens is 737 g/mol. The van der Waals surface area contributed by atoms with Crippen molar-refractivity contribution in [2.45, 2.75) is 260 Å². The highest BCUT2D eigenvalue weighted by Crippen LogP contribution is 2.22. The molecule has 0 aliphatic rings. The van der Waals surface area contributed by atoms with E-state index >= 15 is 0 Å². The minimum absolute atomic E-state index is 0.125. The molecule has 7 heteroatoms. The maximum Gasteiger partial charge on any atom is 0.159 e. The van der Waals surface area contributed by atoms with E-state index in [-0.39, 0.29) is 13.6 Å². The minimum Gasteiger partial charge on any atom is -0.494 e. The van der Waals surface area contributed by atoms with Crippen LogP contribution in [0.2, 0.25) is 0 Å². The Morgan fingerprint density at radius 1 is 0.237 bits per heavy atom. The third-order valence-corrected chi connectivity index (χ3v) is 11.0. The van der Waals surface area contributed by atoms with Crippen molar-refractivity contribution in [3.63, 3.8) is 0 Å². The highest BCUT2D eigenvalue weighted by molar-refractivity contribution is 5.03. The Kier molecular flexibility index (Phi) is 48.0. The van der Waals surface area contributed by atoms with Crippen molar-refractivity contribution in [2.24, 2.45) is 0 Å². The van der Waals surface area contributed by atoms with E-state index in [9.17, 15) is 0 Å². The highest BCUT2D eigenvalue weighted by atomic mass is 16.7. The molecule has 0 spiro atoms. The first kappa shape index (κ1) is 57.6. The Bertz CT molecular complexity index is 818. The van der Waals surface area contributed by atoms with Gasteiger partial charge in [-0.3, -0.25) is 0 Å². The Hall–Kier alpha value is -1.44. The zero-order valence-electron chi connectivity index (χ0n) is 40.6. The average molecular weight is 839 g/mol. The number of allylic oxidation sites excluding steroid dienone is 2. The third kappa shape index (κ3) is 40.4. The smallest absolute Gasteiger partial charge is 0.159 e. The predicted molar refractivity (Wildman–Crippen MR) is 252 cm³/mol. The first-order chi connectivity index (χ1) is 29.2. The summed E-state index contributed by atoms with van der Waals surface area (Å²) in [6.45, 7) is 17.4. The van der Waals surface area contributed by atoms with Crippen LogP contribution in [-0.2, 0) is 33.2 Å². The van der Waals surface area contributed by atoms with Crippen molar-refractivity contribution in [1.29, 1.82) is 0 Å². The molecule has 0 amide bonds. The largest absolute Gasteiger partial charge is 0.494 e. The van der Waals surface area contributed by atoms with Crippen molar-refractivity contribution < 1.29 is 33.2 Å². The fourth-order valence-corrected chi connectivity index (χ4v) is 7.15. The zero-order valence-corrected chi connectivity index (χ0v) is 40.6. The van der Waals surface area contributed by atoms with Gasteiger partial charge in [-0.25, -0.2) is 0 Å². The first-order valence-corrected chi connectivity index (χ1v) is 25.9. The van der Waals surface area contributed by atoms with Gasteiger partial charge in [-0.15, -0.1) is 0 Å². The van der Waals surface area contributed by atoms with Gasteiger partial charge in [0.1, 0.15) is 38.3 Å². The number of rotatable bonds is 50. The molecule has 0 aliphatic carbocycles. The van der Waals surface area contributed by atoms with E-state index in [1.807, 2.05) is 0 Å². The molecule has 0 N–H and O–H groups in total. The van der Waals surface area contributed by atoms with Crippen LogP contribution < -0.4 is 0 Å². The topological polar surface area (TPSA) is 64.6 Å². The molecule has 59 heavy (non-hydrogen) atoms. The monoisotopic (exact) mass is 839 g/mol. The maximum atomic E-state index is 6.49. The van der Waals surface area contributed by atoms with Gasteiger partial charge in [0, 0.05) is 12.8 Å². The van der Waals surface area contributed by atoms with Crippen LogP contribution in [-0.4, -0.2) is 53.2 Å². The molecule has 7 nitrogen and oxygen atoms in total. The molecule has 352 valence electrons. The summed E-state index contributed by atoms with van der Waals surface area (Å²) in [6.07, 6.45) is 41.1.